The molecule has 0 fully saturated rings. The third-order valence-electron chi connectivity index (χ3n) is 8.61. The van der Waals surface area contributed by atoms with Crippen LogP contribution in [0.3, 0.4) is 0 Å². The number of phenolic OH excluding ortho intramolecular Hbond substituents is 1. The fraction of sp³-hybridized carbons (Fsp3) is 0.838. The van der Waals surface area contributed by atoms with Crippen LogP contribution in [0.1, 0.15) is 198 Å². The highest BCUT2D eigenvalue weighted by Gasteiger charge is 2.13. The molecule has 0 aliphatic rings. The Morgan fingerprint density at radius 2 is 0.684 bits per heavy atom. The summed E-state index contributed by atoms with van der Waals surface area (Å²) in [4.78, 5) is 0. The molecule has 0 bridgehead atoms. The van der Waals surface area contributed by atoms with E-state index < -0.39 is 0 Å². The largest absolute Gasteiger partial charge is 0.508 e. The van der Waals surface area contributed by atoms with Crippen LogP contribution in [0.2, 0.25) is 0 Å². The van der Waals surface area contributed by atoms with Crippen LogP contribution >= 0.6 is 0 Å². The number of hydrogen-bond donors (Lipinski definition) is 1. The molecule has 1 aromatic carbocycles. The highest BCUT2D eigenvalue weighted by molar-refractivity contribution is 5.45. The minimum atomic E-state index is 0.568. The second kappa shape index (κ2) is 26.3. The summed E-state index contributed by atoms with van der Waals surface area (Å²) in [5, 5.41) is 10.9. The molecule has 0 saturated carbocycles. The SMILES string of the molecule is CCCCCCCCCCCCc1c(O)ccc(CCCCCCCCC)c1CCCCCCCCCC. The van der Waals surface area contributed by atoms with Crippen LogP contribution in [0.25, 0.3) is 0 Å². The Bertz CT molecular complexity index is 634. The first-order valence-corrected chi connectivity index (χ1v) is 17.6. The van der Waals surface area contributed by atoms with Gasteiger partial charge in [0.05, 0.1) is 0 Å². The van der Waals surface area contributed by atoms with Gasteiger partial charge in [-0.15, -0.1) is 0 Å². The number of phenols is 1. The van der Waals surface area contributed by atoms with Crippen molar-refractivity contribution in [3.8, 4) is 5.75 Å². The molecule has 1 N–H and O–H groups in total. The number of unbranched alkanes of at least 4 members (excludes halogenated alkanes) is 22. The summed E-state index contributed by atoms with van der Waals surface area (Å²) in [7, 11) is 0. The van der Waals surface area contributed by atoms with Crippen LogP contribution in [0.5, 0.6) is 5.75 Å². The molecule has 0 amide bonds. The third kappa shape index (κ3) is 18.3. The van der Waals surface area contributed by atoms with Gasteiger partial charge in [-0.1, -0.05) is 168 Å². The first-order valence-electron chi connectivity index (χ1n) is 17.6. The van der Waals surface area contributed by atoms with Crippen molar-refractivity contribution in [3.05, 3.63) is 28.8 Å². The lowest BCUT2D eigenvalue weighted by molar-refractivity contribution is 0.463. The molecular weight excluding hydrogens is 460 g/mol. The van der Waals surface area contributed by atoms with E-state index in [1.165, 1.54) is 184 Å². The zero-order chi connectivity index (χ0) is 27.5. The van der Waals surface area contributed by atoms with Crippen molar-refractivity contribution >= 4 is 0 Å². The summed E-state index contributed by atoms with van der Waals surface area (Å²) in [5.41, 5.74) is 4.37. The van der Waals surface area contributed by atoms with E-state index in [-0.39, 0.29) is 0 Å². The Kier molecular flexibility index (Phi) is 24.2. The van der Waals surface area contributed by atoms with E-state index in [1.807, 2.05) is 6.07 Å². The second-order valence-electron chi connectivity index (χ2n) is 12.2. The molecule has 0 aliphatic heterocycles. The maximum atomic E-state index is 10.9. The lowest BCUT2D eigenvalue weighted by Gasteiger charge is -2.17. The van der Waals surface area contributed by atoms with Gasteiger partial charge in [-0.3, -0.25) is 0 Å². The Labute approximate surface area is 240 Å². The molecule has 1 heteroatoms. The van der Waals surface area contributed by atoms with Crippen LogP contribution in [0.15, 0.2) is 12.1 Å². The van der Waals surface area contributed by atoms with Crippen LogP contribution in [-0.2, 0) is 19.3 Å². The van der Waals surface area contributed by atoms with Gasteiger partial charge in [0.25, 0.3) is 0 Å². The minimum Gasteiger partial charge on any atom is -0.508 e. The molecule has 0 saturated heterocycles. The molecule has 1 nitrogen and oxygen atoms in total. The molecule has 0 spiro atoms. The number of benzene rings is 1. The van der Waals surface area contributed by atoms with E-state index in [9.17, 15) is 5.11 Å². The highest BCUT2D eigenvalue weighted by atomic mass is 16.3. The summed E-state index contributed by atoms with van der Waals surface area (Å²) < 4.78 is 0. The quantitative estimate of drug-likeness (QED) is 0.107. The average Bonchev–Trinajstić information content (AvgIpc) is 2.92. The van der Waals surface area contributed by atoms with E-state index in [4.69, 9.17) is 0 Å². The predicted molar refractivity (Wildman–Crippen MR) is 172 cm³/mol. The third-order valence-corrected chi connectivity index (χ3v) is 8.61. The summed E-state index contributed by atoms with van der Waals surface area (Å²) in [6, 6.07) is 4.27. The number of hydrogen-bond acceptors (Lipinski definition) is 1. The van der Waals surface area contributed by atoms with Gasteiger partial charge in [0, 0.05) is 0 Å². The van der Waals surface area contributed by atoms with Gasteiger partial charge in [-0.05, 0) is 61.3 Å². The zero-order valence-electron chi connectivity index (χ0n) is 26.4. The number of rotatable bonds is 28. The topological polar surface area (TPSA) is 20.2 Å². The van der Waals surface area contributed by atoms with Gasteiger partial charge in [0.15, 0.2) is 0 Å². The molecule has 0 aromatic heterocycles. The van der Waals surface area contributed by atoms with Crippen LogP contribution in [0.4, 0.5) is 0 Å². The van der Waals surface area contributed by atoms with Gasteiger partial charge in [0.2, 0.25) is 0 Å². The summed E-state index contributed by atoms with van der Waals surface area (Å²) in [6.45, 7) is 6.89. The molecule has 0 aliphatic carbocycles. The van der Waals surface area contributed by atoms with Crippen molar-refractivity contribution in [2.45, 2.75) is 201 Å². The van der Waals surface area contributed by atoms with Crippen LogP contribution in [-0.4, -0.2) is 5.11 Å². The van der Waals surface area contributed by atoms with E-state index in [0.717, 1.165) is 6.42 Å². The van der Waals surface area contributed by atoms with Crippen molar-refractivity contribution in [3.63, 3.8) is 0 Å². The Balaban J connectivity index is 2.54. The van der Waals surface area contributed by atoms with Crippen molar-refractivity contribution in [2.24, 2.45) is 0 Å². The van der Waals surface area contributed by atoms with Gasteiger partial charge < -0.3 is 5.11 Å². The monoisotopic (exact) mass is 529 g/mol. The molecule has 38 heavy (non-hydrogen) atoms. The maximum Gasteiger partial charge on any atom is 0.119 e. The lowest BCUT2D eigenvalue weighted by atomic mass is 9.89. The molecule has 0 atom stereocenters. The van der Waals surface area contributed by atoms with Crippen molar-refractivity contribution in [1.29, 1.82) is 0 Å². The van der Waals surface area contributed by atoms with Crippen molar-refractivity contribution < 1.29 is 5.11 Å². The fourth-order valence-corrected chi connectivity index (χ4v) is 6.05. The first kappa shape index (κ1) is 35.0. The smallest absolute Gasteiger partial charge is 0.119 e. The van der Waals surface area contributed by atoms with E-state index in [0.29, 0.717) is 5.75 Å². The van der Waals surface area contributed by atoms with Crippen molar-refractivity contribution in [1.82, 2.24) is 0 Å². The average molecular weight is 529 g/mol. The van der Waals surface area contributed by atoms with Crippen LogP contribution < -0.4 is 0 Å². The predicted octanol–water partition coefficient (Wildman–Crippen LogP) is 12.8. The molecule has 0 radical (unpaired) electrons. The summed E-state index contributed by atoms with van der Waals surface area (Å²) in [5.74, 6) is 0.568. The number of aromatic hydroxyl groups is 1. The molecule has 0 unspecified atom stereocenters. The molecule has 1 rings (SSSR count). The number of aryl methyl sites for hydroxylation is 1. The standard InChI is InChI=1S/C37H68O/c1-4-7-10-13-16-18-19-22-25-28-31-36-35(30-27-24-21-17-14-11-8-5-2)34(32-33-37(36)38)29-26-23-20-15-12-9-6-3/h32-33,38H,4-31H2,1-3H3. The Morgan fingerprint density at radius 1 is 0.368 bits per heavy atom. The lowest BCUT2D eigenvalue weighted by Crippen LogP contribution is -2.03. The second-order valence-corrected chi connectivity index (χ2v) is 12.2. The van der Waals surface area contributed by atoms with E-state index in [2.05, 4.69) is 26.8 Å². The molecule has 0 heterocycles. The molecule has 1 aromatic rings. The van der Waals surface area contributed by atoms with E-state index >= 15 is 0 Å². The molecule has 222 valence electrons. The molecular formula is C37H68O. The minimum absolute atomic E-state index is 0.568. The van der Waals surface area contributed by atoms with E-state index in [1.54, 1.807) is 5.56 Å². The fourth-order valence-electron chi connectivity index (χ4n) is 6.05. The first-order chi connectivity index (χ1) is 18.7. The van der Waals surface area contributed by atoms with Gasteiger partial charge in [-0.2, -0.15) is 0 Å². The Hall–Kier alpha value is -0.980. The normalized spacial score (nSPS) is 11.4. The van der Waals surface area contributed by atoms with Crippen molar-refractivity contribution in [2.75, 3.05) is 0 Å². The zero-order valence-corrected chi connectivity index (χ0v) is 26.4. The maximum absolute atomic E-state index is 10.9. The summed E-state index contributed by atoms with van der Waals surface area (Å²) in [6.07, 6.45) is 37.7. The Morgan fingerprint density at radius 3 is 1.08 bits per heavy atom. The van der Waals surface area contributed by atoms with Gasteiger partial charge >= 0.3 is 0 Å². The van der Waals surface area contributed by atoms with Crippen LogP contribution in [0, 0.1) is 0 Å². The highest BCUT2D eigenvalue weighted by Crippen LogP contribution is 2.30. The van der Waals surface area contributed by atoms with Gasteiger partial charge in [-0.25, -0.2) is 0 Å². The van der Waals surface area contributed by atoms with Gasteiger partial charge in [0.1, 0.15) is 5.75 Å². The summed E-state index contributed by atoms with van der Waals surface area (Å²) >= 11 is 0.